The van der Waals surface area contributed by atoms with E-state index in [4.69, 9.17) is 9.84 Å². The predicted octanol–water partition coefficient (Wildman–Crippen LogP) is 4.56. The second-order valence-corrected chi connectivity index (χ2v) is 7.72. The third kappa shape index (κ3) is 3.75. The first-order chi connectivity index (χ1) is 13.6. The summed E-state index contributed by atoms with van der Waals surface area (Å²) in [6, 6.07) is 16.3. The Morgan fingerprint density at radius 3 is 2.21 bits per heavy atom. The van der Waals surface area contributed by atoms with Crippen LogP contribution in [0.4, 0.5) is 4.79 Å². The number of carbonyl (C=O) groups is 2. The van der Waals surface area contributed by atoms with Crippen molar-refractivity contribution in [2.45, 2.75) is 44.1 Å². The molecule has 0 saturated heterocycles. The van der Waals surface area contributed by atoms with Gasteiger partial charge in [-0.05, 0) is 41.0 Å². The minimum atomic E-state index is -0.814. The van der Waals surface area contributed by atoms with E-state index in [-0.39, 0.29) is 30.9 Å². The third-order valence-corrected chi connectivity index (χ3v) is 5.99. The smallest absolute Gasteiger partial charge is 0.407 e. The Morgan fingerprint density at radius 2 is 1.57 bits per heavy atom. The molecule has 5 heteroatoms. The Labute approximate surface area is 164 Å². The number of nitrogens with one attached hydrogen (secondary N) is 1. The van der Waals surface area contributed by atoms with Crippen molar-refractivity contribution in [2.75, 3.05) is 6.61 Å². The number of benzene rings is 2. The first kappa shape index (κ1) is 18.5. The lowest BCUT2D eigenvalue weighted by Crippen LogP contribution is -2.43. The summed E-state index contributed by atoms with van der Waals surface area (Å²) in [5.41, 5.74) is 4.75. The van der Waals surface area contributed by atoms with Crippen LogP contribution >= 0.6 is 0 Å². The van der Waals surface area contributed by atoms with Crippen LogP contribution in [0.2, 0.25) is 0 Å². The van der Waals surface area contributed by atoms with Crippen molar-refractivity contribution in [3.63, 3.8) is 0 Å². The minimum absolute atomic E-state index is 0.0215. The maximum Gasteiger partial charge on any atom is 0.407 e. The first-order valence-corrected chi connectivity index (χ1v) is 9.97. The summed E-state index contributed by atoms with van der Waals surface area (Å²) < 4.78 is 5.60. The quantitative estimate of drug-likeness (QED) is 0.799. The van der Waals surface area contributed by atoms with Crippen LogP contribution in [-0.2, 0) is 9.53 Å². The summed E-state index contributed by atoms with van der Waals surface area (Å²) in [5.74, 6) is -0.808. The summed E-state index contributed by atoms with van der Waals surface area (Å²) >= 11 is 0. The van der Waals surface area contributed by atoms with Gasteiger partial charge in [0.25, 0.3) is 0 Å². The molecule has 1 amide bonds. The summed E-state index contributed by atoms with van der Waals surface area (Å²) in [5, 5.41) is 12.0. The molecule has 4 rings (SSSR count). The van der Waals surface area contributed by atoms with Crippen LogP contribution in [0, 0.1) is 5.92 Å². The van der Waals surface area contributed by atoms with E-state index in [0.29, 0.717) is 0 Å². The van der Waals surface area contributed by atoms with Gasteiger partial charge < -0.3 is 15.2 Å². The number of rotatable bonds is 5. The van der Waals surface area contributed by atoms with Crippen LogP contribution < -0.4 is 5.32 Å². The minimum Gasteiger partial charge on any atom is -0.481 e. The Morgan fingerprint density at radius 1 is 0.964 bits per heavy atom. The standard InChI is InChI=1S/C23H25NO4/c25-22(26)13-15-7-1-6-12-21(15)24-23(27)28-14-20-18-10-4-2-8-16(18)17-9-3-5-11-19(17)20/h2-5,8-11,15,20-21H,1,6-7,12-14H2,(H,24,27)(H,25,26). The van der Waals surface area contributed by atoms with E-state index >= 15 is 0 Å². The molecule has 0 spiro atoms. The fourth-order valence-corrected chi connectivity index (χ4v) is 4.66. The SMILES string of the molecule is O=C(O)CC1CCCCC1NC(=O)OCC1c2ccccc2-c2ccccc21. The number of amides is 1. The molecule has 2 atom stereocenters. The molecule has 1 fully saturated rings. The average molecular weight is 379 g/mol. The molecule has 2 unspecified atom stereocenters. The summed E-state index contributed by atoms with van der Waals surface area (Å²) in [4.78, 5) is 23.5. The van der Waals surface area contributed by atoms with Gasteiger partial charge in [0.05, 0.1) is 6.42 Å². The van der Waals surface area contributed by atoms with Gasteiger partial charge in [-0.15, -0.1) is 0 Å². The van der Waals surface area contributed by atoms with Crippen LogP contribution in [0.3, 0.4) is 0 Å². The highest BCUT2D eigenvalue weighted by molar-refractivity contribution is 5.79. The fourth-order valence-electron chi connectivity index (χ4n) is 4.66. The topological polar surface area (TPSA) is 75.6 Å². The van der Waals surface area contributed by atoms with Gasteiger partial charge in [-0.3, -0.25) is 4.79 Å². The number of carbonyl (C=O) groups excluding carboxylic acids is 1. The number of aliphatic carboxylic acids is 1. The molecule has 0 heterocycles. The maximum absolute atomic E-state index is 12.4. The van der Waals surface area contributed by atoms with E-state index in [9.17, 15) is 9.59 Å². The van der Waals surface area contributed by atoms with Crippen molar-refractivity contribution in [2.24, 2.45) is 5.92 Å². The van der Waals surface area contributed by atoms with E-state index in [2.05, 4.69) is 29.6 Å². The highest BCUT2D eigenvalue weighted by Gasteiger charge is 2.31. The molecule has 2 aliphatic rings. The molecule has 2 aromatic carbocycles. The molecular formula is C23H25NO4. The monoisotopic (exact) mass is 379 g/mol. The molecule has 0 bridgehead atoms. The molecule has 0 aliphatic heterocycles. The number of carboxylic acids is 1. The number of fused-ring (bicyclic) bond motifs is 3. The number of hydrogen-bond donors (Lipinski definition) is 2. The summed E-state index contributed by atoms with van der Waals surface area (Å²) in [7, 11) is 0. The van der Waals surface area contributed by atoms with Crippen molar-refractivity contribution in [3.8, 4) is 11.1 Å². The molecule has 1 saturated carbocycles. The molecule has 2 aliphatic carbocycles. The van der Waals surface area contributed by atoms with Gasteiger partial charge in [0.15, 0.2) is 0 Å². The van der Waals surface area contributed by atoms with Gasteiger partial charge in [0, 0.05) is 12.0 Å². The molecule has 0 aromatic heterocycles. The van der Waals surface area contributed by atoms with Crippen molar-refractivity contribution >= 4 is 12.1 Å². The molecule has 0 radical (unpaired) electrons. The van der Waals surface area contributed by atoms with Crippen molar-refractivity contribution in [3.05, 3.63) is 59.7 Å². The Hall–Kier alpha value is -2.82. The second-order valence-electron chi connectivity index (χ2n) is 7.72. The van der Waals surface area contributed by atoms with E-state index in [1.54, 1.807) is 0 Å². The third-order valence-electron chi connectivity index (χ3n) is 5.99. The van der Waals surface area contributed by atoms with Crippen LogP contribution in [0.5, 0.6) is 0 Å². The van der Waals surface area contributed by atoms with E-state index in [1.807, 2.05) is 24.3 Å². The zero-order valence-corrected chi connectivity index (χ0v) is 15.8. The largest absolute Gasteiger partial charge is 0.481 e. The van der Waals surface area contributed by atoms with Gasteiger partial charge in [0.2, 0.25) is 0 Å². The maximum atomic E-state index is 12.4. The highest BCUT2D eigenvalue weighted by atomic mass is 16.5. The number of hydrogen-bond acceptors (Lipinski definition) is 3. The number of alkyl carbamates (subject to hydrolysis) is 1. The van der Waals surface area contributed by atoms with Crippen LogP contribution in [-0.4, -0.2) is 29.8 Å². The van der Waals surface area contributed by atoms with Crippen LogP contribution in [0.1, 0.15) is 49.1 Å². The summed E-state index contributed by atoms with van der Waals surface area (Å²) in [6.07, 6.45) is 3.30. The fraction of sp³-hybridized carbons (Fsp3) is 0.391. The summed E-state index contributed by atoms with van der Waals surface area (Å²) in [6.45, 7) is 0.274. The number of ether oxygens (including phenoxy) is 1. The molecule has 28 heavy (non-hydrogen) atoms. The lowest BCUT2D eigenvalue weighted by molar-refractivity contribution is -0.138. The average Bonchev–Trinajstić information content (AvgIpc) is 3.01. The molecule has 2 N–H and O–H groups in total. The zero-order chi connectivity index (χ0) is 19.5. The number of carboxylic acid groups (broad SMARTS) is 1. The Bertz CT molecular complexity index is 833. The zero-order valence-electron chi connectivity index (χ0n) is 15.8. The van der Waals surface area contributed by atoms with E-state index < -0.39 is 12.1 Å². The Balaban J connectivity index is 1.42. The predicted molar refractivity (Wildman–Crippen MR) is 106 cm³/mol. The second kappa shape index (κ2) is 8.05. The normalized spacial score (nSPS) is 20.9. The van der Waals surface area contributed by atoms with Crippen molar-refractivity contribution in [1.29, 1.82) is 0 Å². The lowest BCUT2D eigenvalue weighted by atomic mass is 9.82. The first-order valence-electron chi connectivity index (χ1n) is 9.97. The molecule has 5 nitrogen and oxygen atoms in total. The van der Waals surface area contributed by atoms with Crippen LogP contribution in [0.15, 0.2) is 48.5 Å². The van der Waals surface area contributed by atoms with Crippen molar-refractivity contribution < 1.29 is 19.4 Å². The lowest BCUT2D eigenvalue weighted by Gasteiger charge is -2.31. The van der Waals surface area contributed by atoms with Gasteiger partial charge in [-0.25, -0.2) is 4.79 Å². The Kier molecular flexibility index (Phi) is 5.33. The van der Waals surface area contributed by atoms with Gasteiger partial charge in [-0.1, -0.05) is 61.4 Å². The van der Waals surface area contributed by atoms with E-state index in [0.717, 1.165) is 25.7 Å². The molecule has 146 valence electrons. The van der Waals surface area contributed by atoms with Crippen LogP contribution in [0.25, 0.3) is 11.1 Å². The highest BCUT2D eigenvalue weighted by Crippen LogP contribution is 2.44. The van der Waals surface area contributed by atoms with Crippen molar-refractivity contribution in [1.82, 2.24) is 5.32 Å². The molecular weight excluding hydrogens is 354 g/mol. The van der Waals surface area contributed by atoms with Gasteiger partial charge in [0.1, 0.15) is 6.61 Å². The molecule has 2 aromatic rings. The van der Waals surface area contributed by atoms with Gasteiger partial charge >= 0.3 is 12.1 Å². The van der Waals surface area contributed by atoms with E-state index in [1.165, 1.54) is 22.3 Å². The van der Waals surface area contributed by atoms with Gasteiger partial charge in [-0.2, -0.15) is 0 Å².